The summed E-state index contributed by atoms with van der Waals surface area (Å²) in [6.45, 7) is 2.70. The van der Waals surface area contributed by atoms with Gasteiger partial charge in [0.25, 0.3) is 0 Å². The molecule has 2 heterocycles. The molecule has 3 N–H and O–H groups in total. The summed E-state index contributed by atoms with van der Waals surface area (Å²) in [5, 5.41) is 3.27. The number of urea groups is 1. The molecule has 21 heavy (non-hydrogen) atoms. The molecule has 0 saturated carbocycles. The first kappa shape index (κ1) is 13.5. The minimum Gasteiger partial charge on any atom is -0.326 e. The fraction of sp³-hybridized carbons (Fsp3) is 0.267. The molecule has 1 fully saturated rings. The smallest absolute Gasteiger partial charge is 0.326 e. The Morgan fingerprint density at radius 1 is 1.33 bits per heavy atom. The molecule has 3 rings (SSSR count). The Morgan fingerprint density at radius 2 is 2.14 bits per heavy atom. The van der Waals surface area contributed by atoms with E-state index < -0.39 is 6.03 Å². The number of aryl methyl sites for hydroxylation is 1. The number of hydrogen-bond donors (Lipinski definition) is 2. The molecule has 0 aliphatic carbocycles. The lowest BCUT2D eigenvalue weighted by molar-refractivity contribution is -0.120. The van der Waals surface area contributed by atoms with Gasteiger partial charge in [-0.3, -0.25) is 20.0 Å². The summed E-state index contributed by atoms with van der Waals surface area (Å²) in [6.07, 6.45) is 0.301. The van der Waals surface area contributed by atoms with Gasteiger partial charge in [-0.15, -0.1) is 0 Å². The average Bonchev–Trinajstić information content (AvgIpc) is 2.46. The van der Waals surface area contributed by atoms with Crippen molar-refractivity contribution < 1.29 is 9.59 Å². The van der Waals surface area contributed by atoms with Gasteiger partial charge < -0.3 is 5.73 Å². The number of benzene rings is 1. The van der Waals surface area contributed by atoms with Crippen molar-refractivity contribution in [2.75, 3.05) is 11.4 Å². The summed E-state index contributed by atoms with van der Waals surface area (Å²) in [5.74, 6) is -0.241. The largest absolute Gasteiger partial charge is 0.328 e. The van der Waals surface area contributed by atoms with Crippen LogP contribution in [0.2, 0.25) is 0 Å². The van der Waals surface area contributed by atoms with Gasteiger partial charge in [-0.05, 0) is 24.6 Å². The molecule has 6 heteroatoms. The van der Waals surface area contributed by atoms with Crippen LogP contribution in [0.3, 0.4) is 0 Å². The third-order valence-corrected chi connectivity index (χ3v) is 3.63. The first-order valence-corrected chi connectivity index (χ1v) is 6.80. The Labute approximate surface area is 121 Å². The normalized spacial score (nSPS) is 15.4. The lowest BCUT2D eigenvalue weighted by atomic mass is 10.1. The van der Waals surface area contributed by atoms with Crippen LogP contribution in [0.5, 0.6) is 0 Å². The van der Waals surface area contributed by atoms with Crippen LogP contribution in [0.15, 0.2) is 24.3 Å². The van der Waals surface area contributed by atoms with Gasteiger partial charge >= 0.3 is 6.03 Å². The van der Waals surface area contributed by atoms with Gasteiger partial charge in [0.2, 0.25) is 5.91 Å². The number of nitrogens with two attached hydrogens (primary N) is 1. The maximum absolute atomic E-state index is 11.9. The zero-order chi connectivity index (χ0) is 15.0. The summed E-state index contributed by atoms with van der Waals surface area (Å²) < 4.78 is 0. The fourth-order valence-electron chi connectivity index (χ4n) is 2.49. The van der Waals surface area contributed by atoms with Gasteiger partial charge in [0.05, 0.1) is 16.9 Å². The molecular weight excluding hydrogens is 268 g/mol. The summed E-state index contributed by atoms with van der Waals surface area (Å²) >= 11 is 0. The molecule has 1 aliphatic heterocycles. The third-order valence-electron chi connectivity index (χ3n) is 3.63. The van der Waals surface area contributed by atoms with E-state index >= 15 is 0 Å². The highest BCUT2D eigenvalue weighted by atomic mass is 16.2. The summed E-state index contributed by atoms with van der Waals surface area (Å²) in [6, 6.07) is 7.37. The second-order valence-electron chi connectivity index (χ2n) is 5.08. The molecule has 0 spiro atoms. The van der Waals surface area contributed by atoms with E-state index in [1.54, 1.807) is 4.90 Å². The number of aromatic nitrogens is 1. The molecule has 1 aromatic carbocycles. The SMILES string of the molecule is Cc1nc2cc(CN)ccc2cc1N1CCC(=O)NC1=O. The van der Waals surface area contributed by atoms with Crippen LogP contribution >= 0.6 is 0 Å². The number of fused-ring (bicyclic) bond motifs is 1. The van der Waals surface area contributed by atoms with Crippen molar-refractivity contribution in [3.05, 3.63) is 35.5 Å². The van der Waals surface area contributed by atoms with E-state index in [0.29, 0.717) is 19.5 Å². The monoisotopic (exact) mass is 284 g/mol. The van der Waals surface area contributed by atoms with Crippen molar-refractivity contribution in [3.8, 4) is 0 Å². The minimum atomic E-state index is -0.394. The van der Waals surface area contributed by atoms with Gasteiger partial charge in [-0.2, -0.15) is 0 Å². The van der Waals surface area contributed by atoms with Crippen molar-refractivity contribution in [3.63, 3.8) is 0 Å². The Balaban J connectivity index is 2.05. The second-order valence-corrected chi connectivity index (χ2v) is 5.08. The maximum Gasteiger partial charge on any atom is 0.328 e. The number of nitrogens with zero attached hydrogens (tertiary/aromatic N) is 2. The highest BCUT2D eigenvalue weighted by molar-refractivity contribution is 6.06. The predicted octanol–water partition coefficient (Wildman–Crippen LogP) is 1.45. The predicted molar refractivity (Wildman–Crippen MR) is 79.9 cm³/mol. The molecule has 1 saturated heterocycles. The highest BCUT2D eigenvalue weighted by Crippen LogP contribution is 2.26. The van der Waals surface area contributed by atoms with Crippen molar-refractivity contribution >= 4 is 28.5 Å². The van der Waals surface area contributed by atoms with Gasteiger partial charge in [-0.1, -0.05) is 12.1 Å². The van der Waals surface area contributed by atoms with E-state index in [1.807, 2.05) is 31.2 Å². The van der Waals surface area contributed by atoms with Gasteiger partial charge in [-0.25, -0.2) is 4.79 Å². The summed E-state index contributed by atoms with van der Waals surface area (Å²) in [4.78, 5) is 29.3. The van der Waals surface area contributed by atoms with E-state index in [9.17, 15) is 9.59 Å². The summed E-state index contributed by atoms with van der Waals surface area (Å²) in [7, 11) is 0. The number of carbonyl (C=O) groups excluding carboxylic acids is 2. The third kappa shape index (κ3) is 2.45. The number of nitrogens with one attached hydrogen (secondary N) is 1. The van der Waals surface area contributed by atoms with E-state index in [4.69, 9.17) is 5.73 Å². The number of amides is 3. The Morgan fingerprint density at radius 3 is 2.86 bits per heavy atom. The number of pyridine rings is 1. The molecular formula is C15H16N4O2. The zero-order valence-corrected chi connectivity index (χ0v) is 11.7. The van der Waals surface area contributed by atoms with Crippen LogP contribution in [0.1, 0.15) is 17.7 Å². The maximum atomic E-state index is 11.9. The number of imide groups is 1. The molecule has 0 atom stereocenters. The van der Waals surface area contributed by atoms with Gasteiger partial charge in [0, 0.05) is 24.9 Å². The quantitative estimate of drug-likeness (QED) is 0.873. The van der Waals surface area contributed by atoms with E-state index in [-0.39, 0.29) is 5.91 Å². The number of hydrogen-bond acceptors (Lipinski definition) is 4. The Hall–Kier alpha value is -2.47. The van der Waals surface area contributed by atoms with Crippen LogP contribution in [0.25, 0.3) is 10.9 Å². The van der Waals surface area contributed by atoms with Crippen molar-refractivity contribution in [1.82, 2.24) is 10.3 Å². The molecule has 6 nitrogen and oxygen atoms in total. The Bertz CT molecular complexity index is 742. The molecule has 1 aromatic heterocycles. The second kappa shape index (κ2) is 5.14. The first-order valence-electron chi connectivity index (χ1n) is 6.80. The number of anilines is 1. The van der Waals surface area contributed by atoms with Crippen molar-refractivity contribution in [1.29, 1.82) is 0 Å². The fourth-order valence-corrected chi connectivity index (χ4v) is 2.49. The molecule has 0 radical (unpaired) electrons. The van der Waals surface area contributed by atoms with E-state index in [0.717, 1.165) is 27.8 Å². The standard InChI is InChI=1S/C15H16N4O2/c1-9-13(19-5-4-14(20)18-15(19)21)7-11-3-2-10(8-16)6-12(11)17-9/h2-3,6-7H,4-5,8,16H2,1H3,(H,18,20,21). The molecule has 2 aromatic rings. The minimum absolute atomic E-state index is 0.241. The average molecular weight is 284 g/mol. The molecule has 108 valence electrons. The van der Waals surface area contributed by atoms with E-state index in [2.05, 4.69) is 10.3 Å². The van der Waals surface area contributed by atoms with Crippen LogP contribution < -0.4 is 16.0 Å². The molecule has 0 unspecified atom stereocenters. The number of rotatable bonds is 2. The highest BCUT2D eigenvalue weighted by Gasteiger charge is 2.25. The Kier molecular flexibility index (Phi) is 3.31. The molecule has 1 aliphatic rings. The van der Waals surface area contributed by atoms with E-state index in [1.165, 1.54) is 0 Å². The lowest BCUT2D eigenvalue weighted by Gasteiger charge is -2.27. The zero-order valence-electron chi connectivity index (χ0n) is 11.7. The first-order chi connectivity index (χ1) is 10.1. The van der Waals surface area contributed by atoms with Crippen LogP contribution in [-0.2, 0) is 11.3 Å². The van der Waals surface area contributed by atoms with Gasteiger partial charge in [0.1, 0.15) is 0 Å². The van der Waals surface area contributed by atoms with Crippen LogP contribution in [0.4, 0.5) is 10.5 Å². The molecule has 0 bridgehead atoms. The van der Waals surface area contributed by atoms with Crippen LogP contribution in [0, 0.1) is 6.92 Å². The van der Waals surface area contributed by atoms with Crippen molar-refractivity contribution in [2.45, 2.75) is 19.9 Å². The number of carbonyl (C=O) groups is 2. The van der Waals surface area contributed by atoms with Crippen LogP contribution in [-0.4, -0.2) is 23.5 Å². The van der Waals surface area contributed by atoms with Crippen molar-refractivity contribution in [2.24, 2.45) is 5.73 Å². The van der Waals surface area contributed by atoms with Gasteiger partial charge in [0.15, 0.2) is 0 Å². The topological polar surface area (TPSA) is 88.3 Å². The lowest BCUT2D eigenvalue weighted by Crippen LogP contribution is -2.49. The summed E-state index contributed by atoms with van der Waals surface area (Å²) in [5.41, 5.74) is 8.99. The molecule has 3 amide bonds.